The molecule has 3 rings (SSSR count). The molecule has 0 spiro atoms. The van der Waals surface area contributed by atoms with Crippen molar-refractivity contribution in [1.82, 2.24) is 5.32 Å². The smallest absolute Gasteiger partial charge is 0.161 e. The number of likely N-dealkylation sites (N-methyl/N-ethyl adjacent to an activating group) is 1. The van der Waals surface area contributed by atoms with E-state index in [0.29, 0.717) is 6.61 Å². The summed E-state index contributed by atoms with van der Waals surface area (Å²) in [5.74, 6) is 1.65. The predicted octanol–water partition coefficient (Wildman–Crippen LogP) is 3.49. The zero-order chi connectivity index (χ0) is 14.7. The molecule has 1 N–H and O–H groups in total. The van der Waals surface area contributed by atoms with Gasteiger partial charge in [-0.15, -0.1) is 0 Å². The van der Waals surface area contributed by atoms with Gasteiger partial charge < -0.3 is 14.8 Å². The van der Waals surface area contributed by atoms with Crippen LogP contribution in [0.15, 0.2) is 48.5 Å². The molecule has 0 amide bonds. The first-order chi connectivity index (χ1) is 10.3. The van der Waals surface area contributed by atoms with Gasteiger partial charge in [-0.05, 0) is 31.2 Å². The summed E-state index contributed by atoms with van der Waals surface area (Å²) >= 11 is 0. The lowest BCUT2D eigenvalue weighted by Gasteiger charge is -2.33. The first kappa shape index (κ1) is 14.0. The molecule has 1 heterocycles. The van der Waals surface area contributed by atoms with Gasteiger partial charge in [0.2, 0.25) is 0 Å². The van der Waals surface area contributed by atoms with Crippen molar-refractivity contribution in [2.45, 2.75) is 26.0 Å². The minimum atomic E-state index is -0.0263. The average molecular weight is 283 g/mol. The summed E-state index contributed by atoms with van der Waals surface area (Å²) in [6.45, 7) is 5.67. The van der Waals surface area contributed by atoms with Gasteiger partial charge in [-0.1, -0.05) is 48.9 Å². The SMILES string of the molecule is CCNC(c1cccc(C)c1)C1COc2ccccc2O1. The molecule has 0 bridgehead atoms. The highest BCUT2D eigenvalue weighted by molar-refractivity contribution is 5.41. The van der Waals surface area contributed by atoms with Crippen molar-refractivity contribution in [3.05, 3.63) is 59.7 Å². The molecular weight excluding hydrogens is 262 g/mol. The summed E-state index contributed by atoms with van der Waals surface area (Å²) in [5, 5.41) is 3.52. The van der Waals surface area contributed by atoms with Crippen LogP contribution in [0.25, 0.3) is 0 Å². The molecule has 0 fully saturated rings. The third-order valence-corrected chi connectivity index (χ3v) is 3.73. The molecular formula is C18H21NO2. The first-order valence-electron chi connectivity index (χ1n) is 7.46. The van der Waals surface area contributed by atoms with Crippen molar-refractivity contribution >= 4 is 0 Å². The van der Waals surface area contributed by atoms with Crippen LogP contribution in [0.1, 0.15) is 24.1 Å². The van der Waals surface area contributed by atoms with Gasteiger partial charge in [-0.3, -0.25) is 0 Å². The first-order valence-corrected chi connectivity index (χ1v) is 7.46. The van der Waals surface area contributed by atoms with Crippen molar-refractivity contribution in [2.24, 2.45) is 0 Å². The highest BCUT2D eigenvalue weighted by Crippen LogP contribution is 2.34. The van der Waals surface area contributed by atoms with Crippen LogP contribution in [0, 0.1) is 6.92 Å². The Labute approximate surface area is 125 Å². The summed E-state index contributed by atoms with van der Waals surface area (Å²) in [5.41, 5.74) is 2.50. The van der Waals surface area contributed by atoms with E-state index in [1.807, 2.05) is 24.3 Å². The maximum Gasteiger partial charge on any atom is 0.161 e. The molecule has 0 radical (unpaired) electrons. The van der Waals surface area contributed by atoms with Crippen LogP contribution in [-0.4, -0.2) is 19.3 Å². The van der Waals surface area contributed by atoms with E-state index < -0.39 is 0 Å². The van der Waals surface area contributed by atoms with Gasteiger partial charge in [0.1, 0.15) is 6.61 Å². The lowest BCUT2D eigenvalue weighted by molar-refractivity contribution is 0.0621. The number of nitrogens with one attached hydrogen (secondary N) is 1. The summed E-state index contributed by atoms with van der Waals surface area (Å²) in [7, 11) is 0. The van der Waals surface area contributed by atoms with Gasteiger partial charge in [-0.25, -0.2) is 0 Å². The van der Waals surface area contributed by atoms with Crippen molar-refractivity contribution in [2.75, 3.05) is 13.2 Å². The van der Waals surface area contributed by atoms with Gasteiger partial charge in [0, 0.05) is 0 Å². The molecule has 0 aromatic heterocycles. The molecule has 2 aromatic carbocycles. The van der Waals surface area contributed by atoms with Crippen molar-refractivity contribution < 1.29 is 9.47 Å². The number of benzene rings is 2. The van der Waals surface area contributed by atoms with E-state index in [4.69, 9.17) is 9.47 Å². The van der Waals surface area contributed by atoms with Crippen LogP contribution in [0.2, 0.25) is 0 Å². The van der Waals surface area contributed by atoms with Crippen molar-refractivity contribution in [3.63, 3.8) is 0 Å². The fourth-order valence-corrected chi connectivity index (χ4v) is 2.75. The Morgan fingerprint density at radius 1 is 1.14 bits per heavy atom. The Morgan fingerprint density at radius 2 is 1.95 bits per heavy atom. The number of ether oxygens (including phenoxy) is 2. The predicted molar refractivity (Wildman–Crippen MR) is 83.9 cm³/mol. The number of rotatable bonds is 4. The monoisotopic (exact) mass is 283 g/mol. The minimum absolute atomic E-state index is 0.0263. The molecule has 1 aliphatic rings. The zero-order valence-corrected chi connectivity index (χ0v) is 12.5. The standard InChI is InChI=1S/C18H21NO2/c1-3-19-18(14-8-6-7-13(2)11-14)17-12-20-15-9-4-5-10-16(15)21-17/h4-11,17-19H,3,12H2,1-2H3. The van der Waals surface area contributed by atoms with E-state index in [1.54, 1.807) is 0 Å². The Kier molecular flexibility index (Phi) is 4.11. The fourth-order valence-electron chi connectivity index (χ4n) is 2.75. The van der Waals surface area contributed by atoms with Gasteiger partial charge in [0.15, 0.2) is 17.6 Å². The van der Waals surface area contributed by atoms with Crippen LogP contribution < -0.4 is 14.8 Å². The van der Waals surface area contributed by atoms with Crippen LogP contribution in [-0.2, 0) is 0 Å². The quantitative estimate of drug-likeness (QED) is 0.931. The van der Waals surface area contributed by atoms with Crippen LogP contribution in [0.4, 0.5) is 0 Å². The van der Waals surface area contributed by atoms with E-state index in [1.165, 1.54) is 11.1 Å². The molecule has 3 nitrogen and oxygen atoms in total. The summed E-state index contributed by atoms with van der Waals surface area (Å²) < 4.78 is 12.0. The van der Waals surface area contributed by atoms with E-state index in [-0.39, 0.29) is 12.1 Å². The third-order valence-electron chi connectivity index (χ3n) is 3.73. The molecule has 21 heavy (non-hydrogen) atoms. The lowest BCUT2D eigenvalue weighted by Crippen LogP contribution is -2.41. The summed E-state index contributed by atoms with van der Waals surface area (Å²) in [4.78, 5) is 0. The maximum absolute atomic E-state index is 6.15. The van der Waals surface area contributed by atoms with E-state index in [2.05, 4.69) is 43.4 Å². The zero-order valence-electron chi connectivity index (χ0n) is 12.5. The fraction of sp³-hybridized carbons (Fsp3) is 0.333. The van der Waals surface area contributed by atoms with Crippen molar-refractivity contribution in [1.29, 1.82) is 0 Å². The number of para-hydroxylation sites is 2. The number of fused-ring (bicyclic) bond motifs is 1. The summed E-state index contributed by atoms with van der Waals surface area (Å²) in [6, 6.07) is 16.5. The highest BCUT2D eigenvalue weighted by Gasteiger charge is 2.29. The topological polar surface area (TPSA) is 30.5 Å². The molecule has 0 saturated heterocycles. The van der Waals surface area contributed by atoms with Gasteiger partial charge in [0.05, 0.1) is 6.04 Å². The second kappa shape index (κ2) is 6.19. The highest BCUT2D eigenvalue weighted by atomic mass is 16.6. The molecule has 2 atom stereocenters. The summed E-state index contributed by atoms with van der Waals surface area (Å²) in [6.07, 6.45) is -0.0263. The molecule has 0 aliphatic carbocycles. The van der Waals surface area contributed by atoms with Crippen LogP contribution in [0.5, 0.6) is 11.5 Å². The Morgan fingerprint density at radius 3 is 2.71 bits per heavy atom. The van der Waals surface area contributed by atoms with Crippen LogP contribution in [0.3, 0.4) is 0 Å². The molecule has 110 valence electrons. The molecule has 0 saturated carbocycles. The van der Waals surface area contributed by atoms with Gasteiger partial charge >= 0.3 is 0 Å². The van der Waals surface area contributed by atoms with E-state index in [0.717, 1.165) is 18.0 Å². The van der Waals surface area contributed by atoms with Gasteiger partial charge in [0.25, 0.3) is 0 Å². The molecule has 1 aliphatic heterocycles. The number of hydrogen-bond donors (Lipinski definition) is 1. The normalized spacial score (nSPS) is 18.3. The number of aryl methyl sites for hydroxylation is 1. The Bertz CT molecular complexity index is 612. The second-order valence-electron chi connectivity index (χ2n) is 5.36. The minimum Gasteiger partial charge on any atom is -0.486 e. The number of hydrogen-bond acceptors (Lipinski definition) is 3. The van der Waals surface area contributed by atoms with Crippen LogP contribution >= 0.6 is 0 Å². The second-order valence-corrected chi connectivity index (χ2v) is 5.36. The van der Waals surface area contributed by atoms with Gasteiger partial charge in [-0.2, -0.15) is 0 Å². The van der Waals surface area contributed by atoms with Crippen molar-refractivity contribution in [3.8, 4) is 11.5 Å². The lowest BCUT2D eigenvalue weighted by atomic mass is 9.99. The largest absolute Gasteiger partial charge is 0.486 e. The maximum atomic E-state index is 6.15. The van der Waals surface area contributed by atoms with E-state index in [9.17, 15) is 0 Å². The molecule has 3 heteroatoms. The molecule has 2 aromatic rings. The van der Waals surface area contributed by atoms with E-state index >= 15 is 0 Å². The average Bonchev–Trinajstić information content (AvgIpc) is 2.52. The Hall–Kier alpha value is -2.00. The molecule has 2 unspecified atom stereocenters. The third kappa shape index (κ3) is 3.03. The Balaban J connectivity index is 1.85.